The number of benzene rings is 4. The van der Waals surface area contributed by atoms with Crippen LogP contribution in [0.25, 0.3) is 16.8 Å². The molecule has 40 heavy (non-hydrogen) atoms. The second kappa shape index (κ2) is 11.1. The van der Waals surface area contributed by atoms with E-state index in [-0.39, 0.29) is 18.0 Å². The third kappa shape index (κ3) is 5.65. The fourth-order valence-electron chi connectivity index (χ4n) is 4.40. The molecule has 4 aromatic carbocycles. The zero-order valence-electron chi connectivity index (χ0n) is 21.4. The van der Waals surface area contributed by atoms with Crippen molar-refractivity contribution >= 4 is 46.1 Å². The molecule has 200 valence electrons. The smallest absolute Gasteiger partial charge is 0.329 e. The molecule has 2 N–H and O–H groups in total. The third-order valence-corrected chi connectivity index (χ3v) is 6.30. The van der Waals surface area contributed by atoms with Crippen LogP contribution in [-0.2, 0) is 16.2 Å². The second-order valence-corrected chi connectivity index (χ2v) is 9.21. The summed E-state index contributed by atoms with van der Waals surface area (Å²) in [5.74, 6) is -0.751. The molecule has 0 aromatic heterocycles. The minimum absolute atomic E-state index is 0.00934. The number of non-ortho nitro benzene ring substituents is 1. The van der Waals surface area contributed by atoms with Gasteiger partial charge in [0.1, 0.15) is 24.6 Å². The quantitative estimate of drug-likeness (QED) is 0.138. The molecule has 0 unspecified atom stereocenters. The highest BCUT2D eigenvalue weighted by atomic mass is 16.6. The lowest BCUT2D eigenvalue weighted by Gasteiger charge is -2.13. The van der Waals surface area contributed by atoms with Crippen molar-refractivity contribution in [3.63, 3.8) is 0 Å². The van der Waals surface area contributed by atoms with Crippen molar-refractivity contribution in [3.8, 4) is 5.75 Å². The minimum atomic E-state index is -0.713. The van der Waals surface area contributed by atoms with E-state index in [0.717, 1.165) is 21.2 Å². The van der Waals surface area contributed by atoms with Crippen LogP contribution in [0.15, 0.2) is 90.6 Å². The van der Waals surface area contributed by atoms with Gasteiger partial charge in [0.05, 0.1) is 4.92 Å². The molecule has 0 atom stereocenters. The van der Waals surface area contributed by atoms with Crippen molar-refractivity contribution in [1.29, 1.82) is 0 Å². The SMILES string of the molecule is Cc1cccc(NC(=O)CN2C(=O)N/C(=C/c3c(OCc4cccc([N+](=O)[O-])c4)ccc4ccccc34)C2=O)c1. The molecular weight excluding hydrogens is 512 g/mol. The van der Waals surface area contributed by atoms with Crippen molar-refractivity contribution in [3.05, 3.63) is 117 Å². The molecule has 0 aliphatic carbocycles. The molecule has 10 nitrogen and oxygen atoms in total. The minimum Gasteiger partial charge on any atom is -0.488 e. The van der Waals surface area contributed by atoms with Crippen LogP contribution in [0.2, 0.25) is 0 Å². The summed E-state index contributed by atoms with van der Waals surface area (Å²) in [6.07, 6.45) is 1.52. The fourth-order valence-corrected chi connectivity index (χ4v) is 4.40. The average Bonchev–Trinajstić information content (AvgIpc) is 3.20. The van der Waals surface area contributed by atoms with E-state index in [2.05, 4.69) is 10.6 Å². The molecule has 5 rings (SSSR count). The largest absolute Gasteiger partial charge is 0.488 e. The number of aryl methyl sites for hydroxylation is 1. The van der Waals surface area contributed by atoms with Gasteiger partial charge in [0.15, 0.2) is 0 Å². The highest BCUT2D eigenvalue weighted by molar-refractivity contribution is 6.16. The van der Waals surface area contributed by atoms with E-state index < -0.39 is 29.3 Å². The predicted octanol–water partition coefficient (Wildman–Crippen LogP) is 5.17. The molecule has 1 fully saturated rings. The number of nitrogens with zero attached hydrogens (tertiary/aromatic N) is 2. The maximum atomic E-state index is 13.2. The predicted molar refractivity (Wildman–Crippen MR) is 149 cm³/mol. The van der Waals surface area contributed by atoms with Gasteiger partial charge in [0.25, 0.3) is 11.6 Å². The number of nitro groups is 1. The van der Waals surface area contributed by atoms with Gasteiger partial charge in [-0.2, -0.15) is 0 Å². The Morgan fingerprint density at radius 3 is 2.62 bits per heavy atom. The Morgan fingerprint density at radius 1 is 1.02 bits per heavy atom. The van der Waals surface area contributed by atoms with Gasteiger partial charge in [0.2, 0.25) is 5.91 Å². The molecule has 1 aliphatic heterocycles. The van der Waals surface area contributed by atoms with Gasteiger partial charge in [-0.15, -0.1) is 0 Å². The summed E-state index contributed by atoms with van der Waals surface area (Å²) >= 11 is 0. The second-order valence-electron chi connectivity index (χ2n) is 9.21. The first-order chi connectivity index (χ1) is 19.3. The Balaban J connectivity index is 1.40. The summed E-state index contributed by atoms with van der Waals surface area (Å²) < 4.78 is 6.04. The van der Waals surface area contributed by atoms with Gasteiger partial charge in [-0.05, 0) is 53.1 Å². The highest BCUT2D eigenvalue weighted by Gasteiger charge is 2.35. The van der Waals surface area contributed by atoms with Crippen LogP contribution in [0, 0.1) is 17.0 Å². The summed E-state index contributed by atoms with van der Waals surface area (Å²) in [7, 11) is 0. The number of ether oxygens (including phenoxy) is 1. The molecule has 0 spiro atoms. The normalized spacial score (nSPS) is 13.9. The Bertz CT molecular complexity index is 1700. The number of carbonyl (C=O) groups excluding carboxylic acids is 3. The molecule has 4 aromatic rings. The van der Waals surface area contributed by atoms with Gasteiger partial charge in [-0.25, -0.2) is 9.69 Å². The summed E-state index contributed by atoms with van der Waals surface area (Å²) in [4.78, 5) is 49.9. The number of hydrogen-bond donors (Lipinski definition) is 2. The van der Waals surface area contributed by atoms with E-state index in [1.807, 2.05) is 43.3 Å². The molecule has 0 saturated carbocycles. The summed E-state index contributed by atoms with van der Waals surface area (Å²) in [5.41, 5.74) is 2.60. The number of hydrogen-bond acceptors (Lipinski definition) is 6. The highest BCUT2D eigenvalue weighted by Crippen LogP contribution is 2.32. The van der Waals surface area contributed by atoms with Gasteiger partial charge >= 0.3 is 6.03 Å². The monoisotopic (exact) mass is 536 g/mol. The number of carbonyl (C=O) groups is 3. The van der Waals surface area contributed by atoms with Gasteiger partial charge in [0, 0.05) is 23.4 Å². The van der Waals surface area contributed by atoms with Gasteiger partial charge < -0.3 is 15.4 Å². The molecular formula is C30H24N4O6. The van der Waals surface area contributed by atoms with Crippen molar-refractivity contribution in [2.24, 2.45) is 0 Å². The van der Waals surface area contributed by atoms with E-state index in [1.54, 1.807) is 36.4 Å². The molecule has 1 saturated heterocycles. The third-order valence-electron chi connectivity index (χ3n) is 6.30. The Kier molecular flexibility index (Phi) is 7.23. The van der Waals surface area contributed by atoms with Gasteiger partial charge in [-0.3, -0.25) is 19.7 Å². The van der Waals surface area contributed by atoms with Crippen LogP contribution in [0.3, 0.4) is 0 Å². The lowest BCUT2D eigenvalue weighted by Crippen LogP contribution is -2.38. The standard InChI is InChI=1S/C30H24N4O6/c1-19-6-4-9-22(14-19)31-28(35)17-33-29(36)26(32-30(33)37)16-25-24-11-3-2-8-21(24)12-13-27(25)40-18-20-7-5-10-23(15-20)34(38)39/h2-16H,17-18H2,1H3,(H,31,35)(H,32,37)/b26-16+. The number of imide groups is 1. The maximum Gasteiger partial charge on any atom is 0.329 e. The molecule has 1 heterocycles. The zero-order valence-corrected chi connectivity index (χ0v) is 21.4. The van der Waals surface area contributed by atoms with Gasteiger partial charge in [-0.1, -0.05) is 54.6 Å². The topological polar surface area (TPSA) is 131 Å². The number of nitrogens with one attached hydrogen (secondary N) is 2. The van der Waals surface area contributed by atoms with Crippen LogP contribution >= 0.6 is 0 Å². The summed E-state index contributed by atoms with van der Waals surface area (Å²) in [5, 5.41) is 18.0. The lowest BCUT2D eigenvalue weighted by atomic mass is 10.0. The van der Waals surface area contributed by atoms with E-state index in [1.165, 1.54) is 18.2 Å². The van der Waals surface area contributed by atoms with Crippen molar-refractivity contribution < 1.29 is 24.0 Å². The maximum absolute atomic E-state index is 13.2. The molecule has 10 heteroatoms. The summed E-state index contributed by atoms with van der Waals surface area (Å²) in [6, 6.07) is 23.7. The average molecular weight is 537 g/mol. The number of anilines is 1. The van der Waals surface area contributed by atoms with E-state index in [4.69, 9.17) is 4.74 Å². The van der Waals surface area contributed by atoms with Crippen LogP contribution in [0.5, 0.6) is 5.75 Å². The zero-order chi connectivity index (χ0) is 28.2. The van der Waals surface area contributed by atoms with E-state index >= 15 is 0 Å². The first kappa shape index (κ1) is 26.1. The van der Waals surface area contributed by atoms with E-state index in [9.17, 15) is 24.5 Å². The number of rotatable bonds is 8. The first-order valence-corrected chi connectivity index (χ1v) is 12.4. The van der Waals surface area contributed by atoms with Crippen LogP contribution in [0.4, 0.5) is 16.2 Å². The fraction of sp³-hybridized carbons (Fsp3) is 0.100. The molecule has 0 radical (unpaired) electrons. The first-order valence-electron chi connectivity index (χ1n) is 12.4. The van der Waals surface area contributed by atoms with Crippen molar-refractivity contribution in [1.82, 2.24) is 10.2 Å². The molecule has 1 aliphatic rings. The number of urea groups is 1. The molecule has 4 amide bonds. The number of amides is 4. The van der Waals surface area contributed by atoms with Crippen LogP contribution in [-0.4, -0.2) is 34.2 Å². The van der Waals surface area contributed by atoms with Crippen molar-refractivity contribution in [2.45, 2.75) is 13.5 Å². The van der Waals surface area contributed by atoms with E-state index in [0.29, 0.717) is 22.6 Å². The Hall–Kier alpha value is -5.51. The van der Waals surface area contributed by atoms with Crippen LogP contribution in [0.1, 0.15) is 16.7 Å². The number of fused-ring (bicyclic) bond motifs is 1. The Labute approximate surface area is 229 Å². The van der Waals surface area contributed by atoms with Crippen molar-refractivity contribution in [2.75, 3.05) is 11.9 Å². The summed E-state index contributed by atoms with van der Waals surface area (Å²) in [6.45, 7) is 1.47. The lowest BCUT2D eigenvalue weighted by molar-refractivity contribution is -0.384. The van der Waals surface area contributed by atoms with Crippen LogP contribution < -0.4 is 15.4 Å². The number of nitro benzene ring substituents is 1. The molecule has 0 bridgehead atoms. The Morgan fingerprint density at radius 2 is 1.82 bits per heavy atom.